The molecule has 0 atom stereocenters. The highest BCUT2D eigenvalue weighted by molar-refractivity contribution is 6.73. The molecule has 104 valence electrons. The van der Waals surface area contributed by atoms with Crippen molar-refractivity contribution in [3.8, 4) is 0 Å². The van der Waals surface area contributed by atoms with E-state index in [0.717, 1.165) is 11.3 Å². The van der Waals surface area contributed by atoms with Gasteiger partial charge in [0.1, 0.15) is 5.78 Å². The number of carbonyl (C=O) groups excluding carboxylic acids is 1. The maximum Gasteiger partial charge on any atom is 0.168 e. The number of rotatable bonds is 6. The molecule has 19 heavy (non-hydrogen) atoms. The zero-order valence-corrected chi connectivity index (χ0v) is 13.6. The van der Waals surface area contributed by atoms with Crippen LogP contribution >= 0.6 is 0 Å². The third-order valence-corrected chi connectivity index (χ3v) is 5.10. The van der Waals surface area contributed by atoms with Crippen molar-refractivity contribution >= 4 is 19.7 Å². The van der Waals surface area contributed by atoms with Crippen LogP contribution in [0.4, 0.5) is 0 Å². The minimum absolute atomic E-state index is 0.208. The molecule has 0 saturated carbocycles. The Bertz CT molecular complexity index is 449. The molecule has 0 aromatic heterocycles. The molecule has 0 radical (unpaired) electrons. The Morgan fingerprint density at radius 2 is 1.74 bits per heavy atom. The summed E-state index contributed by atoms with van der Waals surface area (Å²) in [4.78, 5) is 11.2. The van der Waals surface area contributed by atoms with Crippen molar-refractivity contribution in [2.45, 2.75) is 39.4 Å². The highest BCUT2D eigenvalue weighted by Gasteiger charge is 2.19. The standard InChI is InChI=1S/C15H24N2OSi/c1-13(18)11-12-15(14-9-7-6-8-10-14)16-17(2)19(3,4)5/h6-10H,11-12H2,1-5H3/b16-15-. The zero-order chi connectivity index (χ0) is 14.5. The number of benzene rings is 1. The van der Waals surface area contributed by atoms with Gasteiger partial charge in [-0.15, -0.1) is 0 Å². The molecule has 0 saturated heterocycles. The lowest BCUT2D eigenvalue weighted by Gasteiger charge is -2.28. The van der Waals surface area contributed by atoms with Gasteiger partial charge in [-0.05, 0) is 18.9 Å². The Balaban J connectivity index is 2.99. The monoisotopic (exact) mass is 276 g/mol. The summed E-state index contributed by atoms with van der Waals surface area (Å²) in [6.45, 7) is 8.39. The molecule has 0 N–H and O–H groups in total. The van der Waals surface area contributed by atoms with E-state index in [2.05, 4.69) is 36.4 Å². The summed E-state index contributed by atoms with van der Waals surface area (Å²) < 4.78 is 2.09. The lowest BCUT2D eigenvalue weighted by molar-refractivity contribution is -0.116. The van der Waals surface area contributed by atoms with Gasteiger partial charge in [-0.25, -0.2) is 0 Å². The first kappa shape index (κ1) is 15.6. The van der Waals surface area contributed by atoms with Crippen molar-refractivity contribution in [2.24, 2.45) is 5.10 Å². The summed E-state index contributed by atoms with van der Waals surface area (Å²) in [5.41, 5.74) is 2.11. The van der Waals surface area contributed by atoms with E-state index in [9.17, 15) is 4.79 Å². The van der Waals surface area contributed by atoms with Gasteiger partial charge in [-0.2, -0.15) is 5.10 Å². The molecule has 1 aromatic carbocycles. The topological polar surface area (TPSA) is 32.7 Å². The summed E-state index contributed by atoms with van der Waals surface area (Å²) in [5, 5.41) is 4.75. The second kappa shape index (κ2) is 6.66. The fraction of sp³-hybridized carbons (Fsp3) is 0.467. The molecule has 0 amide bonds. The summed E-state index contributed by atoms with van der Waals surface area (Å²) in [6, 6.07) is 10.1. The van der Waals surface area contributed by atoms with Gasteiger partial charge in [0.05, 0.1) is 5.71 Å². The number of hydrogen-bond acceptors (Lipinski definition) is 3. The van der Waals surface area contributed by atoms with Gasteiger partial charge >= 0.3 is 0 Å². The Morgan fingerprint density at radius 1 is 1.16 bits per heavy atom. The fourth-order valence-corrected chi connectivity index (χ4v) is 1.93. The van der Waals surface area contributed by atoms with Crippen LogP contribution in [-0.4, -0.2) is 31.5 Å². The molecule has 0 fully saturated rings. The van der Waals surface area contributed by atoms with Crippen molar-refractivity contribution in [2.75, 3.05) is 7.05 Å². The quantitative estimate of drug-likeness (QED) is 0.452. The van der Waals surface area contributed by atoms with Crippen LogP contribution in [0.25, 0.3) is 0 Å². The smallest absolute Gasteiger partial charge is 0.168 e. The highest BCUT2D eigenvalue weighted by atomic mass is 28.3. The van der Waals surface area contributed by atoms with Gasteiger partial charge in [0.25, 0.3) is 0 Å². The van der Waals surface area contributed by atoms with Crippen LogP contribution in [0.3, 0.4) is 0 Å². The van der Waals surface area contributed by atoms with Crippen LogP contribution in [0.5, 0.6) is 0 Å². The van der Waals surface area contributed by atoms with Crippen LogP contribution < -0.4 is 0 Å². The number of Topliss-reactive ketones (excluding diaryl/α,β-unsaturated/α-hetero) is 1. The Hall–Kier alpha value is -1.42. The second-order valence-electron chi connectivity index (χ2n) is 5.81. The van der Waals surface area contributed by atoms with Crippen LogP contribution in [0.1, 0.15) is 25.3 Å². The maximum absolute atomic E-state index is 11.2. The fourth-order valence-electron chi connectivity index (χ4n) is 1.51. The normalized spacial score (nSPS) is 12.4. The SMILES string of the molecule is CC(=O)CC/C(=N/N(C)[Si](C)(C)C)c1ccccc1. The lowest BCUT2D eigenvalue weighted by atomic mass is 10.0. The first-order valence-corrected chi connectivity index (χ1v) is 10.1. The average Bonchev–Trinajstić information content (AvgIpc) is 2.33. The molecule has 0 heterocycles. The van der Waals surface area contributed by atoms with Crippen molar-refractivity contribution in [3.05, 3.63) is 35.9 Å². The lowest BCUT2D eigenvalue weighted by Crippen LogP contribution is -2.40. The molecule has 0 aliphatic rings. The second-order valence-corrected chi connectivity index (χ2v) is 10.8. The van der Waals surface area contributed by atoms with E-state index < -0.39 is 8.24 Å². The van der Waals surface area contributed by atoms with E-state index >= 15 is 0 Å². The first-order valence-electron chi connectivity index (χ1n) is 6.67. The van der Waals surface area contributed by atoms with Crippen molar-refractivity contribution < 1.29 is 4.79 Å². The zero-order valence-electron chi connectivity index (χ0n) is 12.6. The molecular formula is C15H24N2OSi. The molecule has 1 rings (SSSR count). The summed E-state index contributed by atoms with van der Waals surface area (Å²) in [6.07, 6.45) is 1.25. The summed E-state index contributed by atoms with van der Waals surface area (Å²) >= 11 is 0. The van der Waals surface area contributed by atoms with E-state index in [4.69, 9.17) is 5.10 Å². The van der Waals surface area contributed by atoms with E-state index in [1.807, 2.05) is 25.2 Å². The summed E-state index contributed by atoms with van der Waals surface area (Å²) in [5.74, 6) is 0.208. The van der Waals surface area contributed by atoms with E-state index in [-0.39, 0.29) is 5.78 Å². The molecule has 0 bridgehead atoms. The molecular weight excluding hydrogens is 252 g/mol. The van der Waals surface area contributed by atoms with E-state index in [0.29, 0.717) is 12.8 Å². The summed E-state index contributed by atoms with van der Waals surface area (Å²) in [7, 11) is 0.579. The van der Waals surface area contributed by atoms with Crippen LogP contribution in [-0.2, 0) is 4.79 Å². The first-order chi connectivity index (χ1) is 8.80. The highest BCUT2D eigenvalue weighted by Crippen LogP contribution is 2.12. The van der Waals surface area contributed by atoms with Gasteiger partial charge in [0.15, 0.2) is 8.24 Å². The predicted octanol–water partition coefficient (Wildman–Crippen LogP) is 3.53. The van der Waals surface area contributed by atoms with Crippen molar-refractivity contribution in [1.82, 2.24) is 4.67 Å². The average molecular weight is 276 g/mol. The van der Waals surface area contributed by atoms with E-state index in [1.165, 1.54) is 0 Å². The molecule has 1 aromatic rings. The Labute approximate surface area is 117 Å². The maximum atomic E-state index is 11.2. The predicted molar refractivity (Wildman–Crippen MR) is 84.0 cm³/mol. The van der Waals surface area contributed by atoms with E-state index in [1.54, 1.807) is 6.92 Å². The molecule has 0 spiro atoms. The number of hydrogen-bond donors (Lipinski definition) is 0. The number of carbonyl (C=O) groups is 1. The Morgan fingerprint density at radius 3 is 2.21 bits per heavy atom. The molecule has 4 heteroatoms. The third kappa shape index (κ3) is 5.38. The van der Waals surface area contributed by atoms with Crippen LogP contribution in [0, 0.1) is 0 Å². The number of ketones is 1. The van der Waals surface area contributed by atoms with Crippen molar-refractivity contribution in [3.63, 3.8) is 0 Å². The third-order valence-electron chi connectivity index (χ3n) is 3.06. The molecule has 3 nitrogen and oxygen atoms in total. The van der Waals surface area contributed by atoms with Crippen LogP contribution in [0.2, 0.25) is 19.6 Å². The number of nitrogens with zero attached hydrogens (tertiary/aromatic N) is 2. The van der Waals surface area contributed by atoms with Gasteiger partial charge in [-0.3, -0.25) is 0 Å². The van der Waals surface area contributed by atoms with Gasteiger partial charge in [0, 0.05) is 13.5 Å². The van der Waals surface area contributed by atoms with Crippen LogP contribution in [0.15, 0.2) is 35.4 Å². The Kier molecular flexibility index (Phi) is 5.48. The van der Waals surface area contributed by atoms with Gasteiger partial charge in [0.2, 0.25) is 0 Å². The minimum Gasteiger partial charge on any atom is -0.327 e. The van der Waals surface area contributed by atoms with Gasteiger partial charge in [-0.1, -0.05) is 50.0 Å². The van der Waals surface area contributed by atoms with Gasteiger partial charge < -0.3 is 9.47 Å². The van der Waals surface area contributed by atoms with Crippen molar-refractivity contribution in [1.29, 1.82) is 0 Å². The molecule has 0 aliphatic carbocycles. The molecule has 0 aliphatic heterocycles. The number of hydrazone groups is 1. The minimum atomic E-state index is -1.45. The molecule has 0 unspecified atom stereocenters. The largest absolute Gasteiger partial charge is 0.327 e.